The van der Waals surface area contributed by atoms with Gasteiger partial charge in [-0.15, -0.1) is 0 Å². The van der Waals surface area contributed by atoms with E-state index in [0.29, 0.717) is 6.04 Å². The average molecular weight is 217 g/mol. The Hall–Kier alpha value is -0.820. The molecular weight excluding hydrogens is 194 g/mol. The topological polar surface area (TPSA) is 12.0 Å². The van der Waals surface area contributed by atoms with Gasteiger partial charge in [-0.2, -0.15) is 0 Å². The molecule has 0 radical (unpaired) electrons. The first-order valence-corrected chi connectivity index (χ1v) is 6.54. The van der Waals surface area contributed by atoms with Gasteiger partial charge in [-0.3, -0.25) is 0 Å². The lowest BCUT2D eigenvalue weighted by atomic mass is 9.99. The monoisotopic (exact) mass is 217 g/mol. The molecule has 1 aliphatic carbocycles. The molecule has 0 amide bonds. The van der Waals surface area contributed by atoms with Gasteiger partial charge in [0.15, 0.2) is 0 Å². The van der Waals surface area contributed by atoms with Gasteiger partial charge in [-0.25, -0.2) is 0 Å². The Morgan fingerprint density at radius 3 is 2.75 bits per heavy atom. The van der Waals surface area contributed by atoms with Crippen LogP contribution in [0.15, 0.2) is 24.3 Å². The minimum absolute atomic E-state index is 0.669. The van der Waals surface area contributed by atoms with Gasteiger partial charge in [-0.05, 0) is 38.2 Å². The van der Waals surface area contributed by atoms with Crippen molar-refractivity contribution in [3.8, 4) is 0 Å². The van der Waals surface area contributed by atoms with Crippen molar-refractivity contribution in [3.63, 3.8) is 0 Å². The summed E-state index contributed by atoms with van der Waals surface area (Å²) in [4.78, 5) is 0. The van der Waals surface area contributed by atoms with E-state index >= 15 is 0 Å². The van der Waals surface area contributed by atoms with Gasteiger partial charge in [0, 0.05) is 12.6 Å². The van der Waals surface area contributed by atoms with E-state index in [1.54, 1.807) is 0 Å². The van der Waals surface area contributed by atoms with Crippen molar-refractivity contribution in [1.29, 1.82) is 0 Å². The Balaban J connectivity index is 1.82. The lowest BCUT2D eigenvalue weighted by Gasteiger charge is -2.20. The van der Waals surface area contributed by atoms with Crippen molar-refractivity contribution in [3.05, 3.63) is 35.4 Å². The van der Waals surface area contributed by atoms with Gasteiger partial charge in [-0.1, -0.05) is 42.7 Å². The van der Waals surface area contributed by atoms with Crippen LogP contribution in [-0.2, 0) is 6.54 Å². The van der Waals surface area contributed by atoms with Gasteiger partial charge in [0.05, 0.1) is 0 Å². The predicted molar refractivity (Wildman–Crippen MR) is 69.4 cm³/mol. The number of rotatable bonds is 4. The van der Waals surface area contributed by atoms with Crippen molar-refractivity contribution >= 4 is 0 Å². The third-order valence-corrected chi connectivity index (χ3v) is 3.82. The second-order valence-electron chi connectivity index (χ2n) is 5.20. The molecule has 1 aliphatic rings. The molecule has 0 bridgehead atoms. The predicted octanol–water partition coefficient (Wildman–Crippen LogP) is 3.66. The lowest BCUT2D eigenvalue weighted by Crippen LogP contribution is -2.31. The molecular formula is C15H23N. The van der Waals surface area contributed by atoms with Crippen molar-refractivity contribution in [2.75, 3.05) is 0 Å². The summed E-state index contributed by atoms with van der Waals surface area (Å²) in [5.41, 5.74) is 2.76. The summed E-state index contributed by atoms with van der Waals surface area (Å²) < 4.78 is 0. The second-order valence-corrected chi connectivity index (χ2v) is 5.20. The summed E-state index contributed by atoms with van der Waals surface area (Å²) in [6.45, 7) is 5.51. The number of aryl methyl sites for hydroxylation is 1. The van der Waals surface area contributed by atoms with Gasteiger partial charge in [0.25, 0.3) is 0 Å². The Labute approximate surface area is 99.3 Å². The van der Waals surface area contributed by atoms with E-state index in [2.05, 4.69) is 43.4 Å². The fraction of sp³-hybridized carbons (Fsp3) is 0.600. The molecule has 1 atom stereocenters. The third kappa shape index (κ3) is 3.08. The first-order valence-electron chi connectivity index (χ1n) is 6.54. The smallest absolute Gasteiger partial charge is 0.0208 e. The molecule has 1 nitrogen and oxygen atoms in total. The first kappa shape index (κ1) is 11.7. The van der Waals surface area contributed by atoms with Gasteiger partial charge < -0.3 is 5.32 Å². The summed E-state index contributed by atoms with van der Waals surface area (Å²) in [6.07, 6.45) is 5.70. The zero-order valence-corrected chi connectivity index (χ0v) is 10.5. The normalized spacial score (nSPS) is 18.9. The Kier molecular flexibility index (Phi) is 4.00. The fourth-order valence-electron chi connectivity index (χ4n) is 2.73. The second kappa shape index (κ2) is 5.49. The number of hydrogen-bond donors (Lipinski definition) is 1. The Bertz CT molecular complexity index is 326. The maximum atomic E-state index is 3.67. The van der Waals surface area contributed by atoms with Crippen LogP contribution < -0.4 is 5.32 Å². The Morgan fingerprint density at radius 1 is 1.31 bits per heavy atom. The highest BCUT2D eigenvalue weighted by molar-refractivity contribution is 5.22. The molecule has 88 valence electrons. The molecule has 1 N–H and O–H groups in total. The summed E-state index contributed by atoms with van der Waals surface area (Å²) in [5.74, 6) is 0.907. The van der Waals surface area contributed by atoms with E-state index < -0.39 is 0 Å². The molecule has 2 rings (SSSR count). The van der Waals surface area contributed by atoms with Crippen molar-refractivity contribution in [2.24, 2.45) is 5.92 Å². The molecule has 0 aliphatic heterocycles. The summed E-state index contributed by atoms with van der Waals surface area (Å²) in [5, 5.41) is 3.67. The summed E-state index contributed by atoms with van der Waals surface area (Å²) in [7, 11) is 0. The first-order chi connectivity index (χ1) is 7.75. The van der Waals surface area contributed by atoms with Crippen LogP contribution in [-0.4, -0.2) is 6.04 Å². The van der Waals surface area contributed by atoms with Gasteiger partial charge >= 0.3 is 0 Å². The molecule has 0 aromatic heterocycles. The number of benzene rings is 1. The van der Waals surface area contributed by atoms with Gasteiger partial charge in [0.2, 0.25) is 0 Å². The summed E-state index contributed by atoms with van der Waals surface area (Å²) >= 11 is 0. The highest BCUT2D eigenvalue weighted by atomic mass is 14.9. The third-order valence-electron chi connectivity index (χ3n) is 3.82. The van der Waals surface area contributed by atoms with Gasteiger partial charge in [0.1, 0.15) is 0 Å². The molecule has 1 aromatic carbocycles. The molecule has 0 unspecified atom stereocenters. The molecule has 0 spiro atoms. The molecule has 0 saturated heterocycles. The van der Waals surface area contributed by atoms with E-state index in [4.69, 9.17) is 0 Å². The average Bonchev–Trinajstić information content (AvgIpc) is 2.79. The number of hydrogen-bond acceptors (Lipinski definition) is 1. The van der Waals surface area contributed by atoms with E-state index in [1.165, 1.54) is 36.8 Å². The molecule has 1 fully saturated rings. The minimum atomic E-state index is 0.669. The van der Waals surface area contributed by atoms with Crippen LogP contribution >= 0.6 is 0 Å². The molecule has 1 saturated carbocycles. The highest BCUT2D eigenvalue weighted by Gasteiger charge is 2.20. The van der Waals surface area contributed by atoms with Crippen LogP contribution in [0, 0.1) is 12.8 Å². The SMILES string of the molecule is Cc1cccc(CN[C@H](C)C2CCCC2)c1. The maximum Gasteiger partial charge on any atom is 0.0208 e. The van der Waals surface area contributed by atoms with Crippen molar-refractivity contribution in [2.45, 2.75) is 52.1 Å². The number of nitrogens with one attached hydrogen (secondary N) is 1. The maximum absolute atomic E-state index is 3.67. The highest BCUT2D eigenvalue weighted by Crippen LogP contribution is 2.27. The summed E-state index contributed by atoms with van der Waals surface area (Å²) in [6, 6.07) is 9.45. The van der Waals surface area contributed by atoms with E-state index in [1.807, 2.05) is 0 Å². The van der Waals surface area contributed by atoms with E-state index in [9.17, 15) is 0 Å². The Morgan fingerprint density at radius 2 is 2.06 bits per heavy atom. The molecule has 1 heteroatoms. The fourth-order valence-corrected chi connectivity index (χ4v) is 2.73. The zero-order chi connectivity index (χ0) is 11.4. The standard InChI is InChI=1S/C15H23N/c1-12-6-5-7-14(10-12)11-16-13(2)15-8-3-4-9-15/h5-7,10,13,15-16H,3-4,8-9,11H2,1-2H3/t13-/m1/s1. The molecule has 1 aromatic rings. The van der Waals surface area contributed by atoms with Crippen molar-refractivity contribution in [1.82, 2.24) is 5.32 Å². The molecule has 0 heterocycles. The quantitative estimate of drug-likeness (QED) is 0.811. The van der Waals surface area contributed by atoms with Crippen LogP contribution in [0.4, 0.5) is 0 Å². The zero-order valence-electron chi connectivity index (χ0n) is 10.5. The minimum Gasteiger partial charge on any atom is -0.310 e. The molecule has 16 heavy (non-hydrogen) atoms. The van der Waals surface area contributed by atoms with E-state index in [0.717, 1.165) is 12.5 Å². The van der Waals surface area contributed by atoms with Crippen LogP contribution in [0.2, 0.25) is 0 Å². The van der Waals surface area contributed by atoms with Crippen molar-refractivity contribution < 1.29 is 0 Å². The van der Waals surface area contributed by atoms with Crippen LogP contribution in [0.1, 0.15) is 43.7 Å². The lowest BCUT2D eigenvalue weighted by molar-refractivity contribution is 0.380. The van der Waals surface area contributed by atoms with Crippen LogP contribution in [0.3, 0.4) is 0 Å². The van der Waals surface area contributed by atoms with Crippen LogP contribution in [0.25, 0.3) is 0 Å². The largest absolute Gasteiger partial charge is 0.310 e. The van der Waals surface area contributed by atoms with Crippen LogP contribution in [0.5, 0.6) is 0 Å². The van der Waals surface area contributed by atoms with E-state index in [-0.39, 0.29) is 0 Å².